The van der Waals surface area contributed by atoms with Crippen molar-refractivity contribution in [2.45, 2.75) is 38.8 Å². The molecule has 0 unspecified atom stereocenters. The zero-order valence-corrected chi connectivity index (χ0v) is 15.5. The second-order valence-electron chi connectivity index (χ2n) is 7.04. The lowest BCUT2D eigenvalue weighted by Gasteiger charge is -2.23. The molecule has 2 amide bonds. The molecule has 0 aromatic heterocycles. The number of benzene rings is 2. The van der Waals surface area contributed by atoms with Crippen molar-refractivity contribution in [1.29, 1.82) is 0 Å². The molecule has 7 heteroatoms. The number of rotatable bonds is 5. The van der Waals surface area contributed by atoms with Gasteiger partial charge in [-0.15, -0.1) is 0 Å². The molecule has 3 N–H and O–H groups in total. The average molecular weight is 374 g/mol. The van der Waals surface area contributed by atoms with E-state index in [0.29, 0.717) is 11.3 Å². The number of nitrogens with one attached hydrogen (secondary N) is 2. The van der Waals surface area contributed by atoms with Gasteiger partial charge < -0.3 is 20.5 Å². The Morgan fingerprint density at radius 1 is 1.15 bits per heavy atom. The van der Waals surface area contributed by atoms with Gasteiger partial charge in [-0.05, 0) is 50.6 Å². The molecular formula is C20H23FN2O4. The molecule has 0 aliphatic carbocycles. The lowest BCUT2D eigenvalue weighted by atomic mass is 10.0. The third-order valence-corrected chi connectivity index (χ3v) is 3.50. The highest BCUT2D eigenvalue weighted by Crippen LogP contribution is 2.18. The second kappa shape index (κ2) is 8.53. The van der Waals surface area contributed by atoms with Gasteiger partial charge in [0.25, 0.3) is 0 Å². The van der Waals surface area contributed by atoms with Crippen LogP contribution < -0.4 is 10.6 Å². The minimum Gasteiger partial charge on any atom is -0.505 e. The van der Waals surface area contributed by atoms with Crippen LogP contribution in [0.2, 0.25) is 0 Å². The monoisotopic (exact) mass is 374 g/mol. The van der Waals surface area contributed by atoms with Gasteiger partial charge in [-0.3, -0.25) is 4.79 Å². The summed E-state index contributed by atoms with van der Waals surface area (Å²) in [5.74, 6) is -1.75. The summed E-state index contributed by atoms with van der Waals surface area (Å²) in [6.45, 7) is 5.13. The Morgan fingerprint density at radius 2 is 1.81 bits per heavy atom. The van der Waals surface area contributed by atoms with Crippen molar-refractivity contribution in [3.8, 4) is 5.75 Å². The minimum absolute atomic E-state index is 0.0229. The lowest BCUT2D eigenvalue weighted by Crippen LogP contribution is -2.47. The van der Waals surface area contributed by atoms with Crippen molar-refractivity contribution in [3.05, 3.63) is 59.9 Å². The van der Waals surface area contributed by atoms with Gasteiger partial charge in [-0.2, -0.15) is 0 Å². The smallest absolute Gasteiger partial charge is 0.408 e. The normalized spacial score (nSPS) is 12.1. The zero-order valence-electron chi connectivity index (χ0n) is 15.5. The van der Waals surface area contributed by atoms with E-state index in [1.165, 1.54) is 12.1 Å². The number of aromatic hydroxyl groups is 1. The number of carbonyl (C=O) groups is 2. The van der Waals surface area contributed by atoms with Crippen LogP contribution in [0.15, 0.2) is 48.5 Å². The zero-order chi connectivity index (χ0) is 20.0. The van der Waals surface area contributed by atoms with Crippen LogP contribution in [0.5, 0.6) is 5.75 Å². The van der Waals surface area contributed by atoms with Crippen molar-refractivity contribution in [2.24, 2.45) is 0 Å². The van der Waals surface area contributed by atoms with Gasteiger partial charge in [0, 0.05) is 12.1 Å². The molecule has 0 bridgehead atoms. The van der Waals surface area contributed by atoms with E-state index in [2.05, 4.69) is 10.6 Å². The molecule has 0 radical (unpaired) electrons. The Morgan fingerprint density at radius 3 is 2.41 bits per heavy atom. The van der Waals surface area contributed by atoms with Gasteiger partial charge in [0.1, 0.15) is 11.6 Å². The van der Waals surface area contributed by atoms with Gasteiger partial charge >= 0.3 is 6.09 Å². The summed E-state index contributed by atoms with van der Waals surface area (Å²) in [7, 11) is 0. The summed E-state index contributed by atoms with van der Waals surface area (Å²) < 4.78 is 18.8. The summed E-state index contributed by atoms with van der Waals surface area (Å²) >= 11 is 0. The third-order valence-electron chi connectivity index (χ3n) is 3.50. The first-order valence-electron chi connectivity index (χ1n) is 8.47. The van der Waals surface area contributed by atoms with E-state index in [0.717, 1.165) is 6.07 Å². The van der Waals surface area contributed by atoms with E-state index < -0.39 is 35.2 Å². The highest BCUT2D eigenvalue weighted by Gasteiger charge is 2.25. The molecular weight excluding hydrogens is 351 g/mol. The first-order valence-corrected chi connectivity index (χ1v) is 8.47. The molecule has 0 saturated carbocycles. The van der Waals surface area contributed by atoms with E-state index >= 15 is 0 Å². The van der Waals surface area contributed by atoms with E-state index in [1.807, 2.05) is 6.07 Å². The number of halogens is 1. The molecule has 2 aromatic rings. The number of ether oxygens (including phenoxy) is 1. The van der Waals surface area contributed by atoms with Crippen LogP contribution in [0.25, 0.3) is 0 Å². The van der Waals surface area contributed by atoms with Crippen LogP contribution in [0.1, 0.15) is 26.3 Å². The Balaban J connectivity index is 2.17. The van der Waals surface area contributed by atoms with Crippen LogP contribution >= 0.6 is 0 Å². The SMILES string of the molecule is CC(C)(C)OC(=O)N[C@@H](Cc1ccc(O)c(F)c1)C(=O)Nc1ccccc1. The second-order valence-corrected chi connectivity index (χ2v) is 7.04. The molecule has 0 heterocycles. The van der Waals surface area contributed by atoms with Gasteiger partial charge in [0.15, 0.2) is 11.6 Å². The summed E-state index contributed by atoms with van der Waals surface area (Å²) in [4.78, 5) is 24.8. The summed E-state index contributed by atoms with van der Waals surface area (Å²) in [6.07, 6.45) is -0.732. The molecule has 27 heavy (non-hydrogen) atoms. The predicted molar refractivity (Wildman–Crippen MR) is 100.0 cm³/mol. The third kappa shape index (κ3) is 6.62. The summed E-state index contributed by atoms with van der Waals surface area (Å²) in [6, 6.07) is 11.6. The molecule has 1 atom stereocenters. The number of hydrogen-bond acceptors (Lipinski definition) is 4. The molecule has 144 valence electrons. The fraction of sp³-hybridized carbons (Fsp3) is 0.300. The Hall–Kier alpha value is -3.09. The topological polar surface area (TPSA) is 87.7 Å². The molecule has 0 fully saturated rings. The number of phenolic OH excluding ortho intramolecular Hbond substituents is 1. The number of phenols is 1. The minimum atomic E-state index is -0.996. The fourth-order valence-corrected chi connectivity index (χ4v) is 2.32. The van der Waals surface area contributed by atoms with E-state index in [-0.39, 0.29) is 6.42 Å². The molecule has 0 aliphatic rings. The maximum Gasteiger partial charge on any atom is 0.408 e. The van der Waals surface area contributed by atoms with Crippen molar-refractivity contribution < 1.29 is 23.8 Å². The van der Waals surface area contributed by atoms with Crippen LogP contribution in [0.4, 0.5) is 14.9 Å². The molecule has 6 nitrogen and oxygen atoms in total. The largest absolute Gasteiger partial charge is 0.505 e. The van der Waals surface area contributed by atoms with Crippen molar-refractivity contribution in [2.75, 3.05) is 5.32 Å². The maximum absolute atomic E-state index is 13.6. The number of anilines is 1. The van der Waals surface area contributed by atoms with Gasteiger partial charge in [-0.1, -0.05) is 24.3 Å². The quantitative estimate of drug-likeness (QED) is 0.746. The highest BCUT2D eigenvalue weighted by atomic mass is 19.1. The number of carbonyl (C=O) groups excluding carboxylic acids is 2. The number of hydrogen-bond donors (Lipinski definition) is 3. The van der Waals surface area contributed by atoms with Crippen molar-refractivity contribution >= 4 is 17.7 Å². The molecule has 0 saturated heterocycles. The maximum atomic E-state index is 13.6. The molecule has 0 spiro atoms. The van der Waals surface area contributed by atoms with E-state index in [4.69, 9.17) is 4.74 Å². The first-order chi connectivity index (χ1) is 12.6. The van der Waals surface area contributed by atoms with Crippen molar-refractivity contribution in [1.82, 2.24) is 5.32 Å². The van der Waals surface area contributed by atoms with Gasteiger partial charge in [-0.25, -0.2) is 9.18 Å². The summed E-state index contributed by atoms with van der Waals surface area (Å²) in [5, 5.41) is 14.5. The Labute approximate surface area is 157 Å². The van der Waals surface area contributed by atoms with Crippen LogP contribution in [0.3, 0.4) is 0 Å². The number of para-hydroxylation sites is 1. The molecule has 0 aliphatic heterocycles. The van der Waals surface area contributed by atoms with Crippen molar-refractivity contribution in [3.63, 3.8) is 0 Å². The summed E-state index contributed by atoms with van der Waals surface area (Å²) in [5.41, 5.74) is 0.278. The van der Waals surface area contributed by atoms with Gasteiger partial charge in [0.2, 0.25) is 5.91 Å². The number of alkyl carbamates (subject to hydrolysis) is 1. The standard InChI is InChI=1S/C20H23FN2O4/c1-20(2,3)27-19(26)23-16(12-13-9-10-17(24)15(21)11-13)18(25)22-14-7-5-4-6-8-14/h4-11,16,24H,12H2,1-3H3,(H,22,25)(H,23,26)/t16-/m0/s1. The Bertz CT molecular complexity index is 803. The van der Waals surface area contributed by atoms with E-state index in [9.17, 15) is 19.1 Å². The number of amides is 2. The molecule has 2 rings (SSSR count). The van der Waals surface area contributed by atoms with Crippen LogP contribution in [-0.2, 0) is 16.0 Å². The van der Waals surface area contributed by atoms with E-state index in [1.54, 1.807) is 45.0 Å². The Kier molecular flexibility index (Phi) is 6.39. The average Bonchev–Trinajstić information content (AvgIpc) is 2.57. The highest BCUT2D eigenvalue weighted by molar-refractivity contribution is 5.96. The van der Waals surface area contributed by atoms with Crippen LogP contribution in [0, 0.1) is 5.82 Å². The lowest BCUT2D eigenvalue weighted by molar-refractivity contribution is -0.118. The first kappa shape index (κ1) is 20.2. The predicted octanol–water partition coefficient (Wildman–Crippen LogP) is 3.61. The van der Waals surface area contributed by atoms with Crippen LogP contribution in [-0.4, -0.2) is 28.7 Å². The molecule has 2 aromatic carbocycles. The van der Waals surface area contributed by atoms with Gasteiger partial charge in [0.05, 0.1) is 0 Å². The fourth-order valence-electron chi connectivity index (χ4n) is 2.32.